The Morgan fingerprint density at radius 2 is 2.09 bits per heavy atom. The molecule has 0 radical (unpaired) electrons. The molecule has 2 aromatic carbocycles. The number of fused-ring (bicyclic) bond motifs is 1. The fraction of sp³-hybridized carbons (Fsp3) is 0.316. The molecule has 0 aromatic heterocycles. The van der Waals surface area contributed by atoms with Crippen LogP contribution in [0.5, 0.6) is 5.75 Å². The summed E-state index contributed by atoms with van der Waals surface area (Å²) in [6.07, 6.45) is 0.955. The van der Waals surface area contributed by atoms with Crippen molar-refractivity contribution in [1.29, 1.82) is 0 Å². The number of thioether (sulfide) groups is 1. The summed E-state index contributed by atoms with van der Waals surface area (Å²) in [7, 11) is 0. The summed E-state index contributed by atoms with van der Waals surface area (Å²) in [4.78, 5) is 13.5. The first kappa shape index (κ1) is 15.9. The quantitative estimate of drug-likeness (QED) is 0.921. The minimum Gasteiger partial charge on any atom is -0.483 e. The first-order valence-electron chi connectivity index (χ1n) is 7.84. The van der Waals surface area contributed by atoms with E-state index in [0.29, 0.717) is 0 Å². The Kier molecular flexibility index (Phi) is 4.91. The molecule has 0 aliphatic carbocycles. The average molecular weight is 327 g/mol. The maximum absolute atomic E-state index is 12.2. The van der Waals surface area contributed by atoms with E-state index in [1.165, 1.54) is 10.5 Å². The van der Waals surface area contributed by atoms with E-state index in [1.807, 2.05) is 55.9 Å². The third-order valence-electron chi connectivity index (χ3n) is 4.00. The van der Waals surface area contributed by atoms with Gasteiger partial charge in [0.1, 0.15) is 5.75 Å². The van der Waals surface area contributed by atoms with Gasteiger partial charge in [0.25, 0.3) is 5.91 Å². The Morgan fingerprint density at radius 1 is 1.26 bits per heavy atom. The molecular weight excluding hydrogens is 306 g/mol. The predicted molar refractivity (Wildman–Crippen MR) is 94.1 cm³/mol. The zero-order chi connectivity index (χ0) is 16.2. The average Bonchev–Trinajstić information content (AvgIpc) is 2.56. The molecule has 3 rings (SSSR count). The van der Waals surface area contributed by atoms with Crippen molar-refractivity contribution in [3.05, 3.63) is 59.2 Å². The Bertz CT molecular complexity index is 714. The molecular formula is C19H21NO2S. The van der Waals surface area contributed by atoms with Crippen LogP contribution in [0.1, 0.15) is 29.2 Å². The van der Waals surface area contributed by atoms with Crippen LogP contribution in [0, 0.1) is 13.8 Å². The number of benzene rings is 2. The second kappa shape index (κ2) is 7.09. The molecule has 0 saturated carbocycles. The first-order chi connectivity index (χ1) is 11.1. The molecule has 1 aliphatic heterocycles. The van der Waals surface area contributed by atoms with Crippen molar-refractivity contribution >= 4 is 17.7 Å². The van der Waals surface area contributed by atoms with Crippen LogP contribution in [-0.2, 0) is 4.79 Å². The van der Waals surface area contributed by atoms with Crippen LogP contribution in [0.3, 0.4) is 0 Å². The number of hydrogen-bond acceptors (Lipinski definition) is 3. The number of amides is 1. The highest BCUT2D eigenvalue weighted by molar-refractivity contribution is 7.99. The summed E-state index contributed by atoms with van der Waals surface area (Å²) in [5.41, 5.74) is 3.39. The maximum atomic E-state index is 12.2. The number of hydrogen-bond donors (Lipinski definition) is 1. The minimum atomic E-state index is -0.0717. The number of rotatable bonds is 4. The monoisotopic (exact) mass is 327 g/mol. The largest absolute Gasteiger partial charge is 0.483 e. The number of aryl methyl sites for hydroxylation is 2. The van der Waals surface area contributed by atoms with E-state index in [4.69, 9.17) is 4.74 Å². The highest BCUT2D eigenvalue weighted by Crippen LogP contribution is 2.35. The third kappa shape index (κ3) is 3.88. The molecule has 1 N–H and O–H groups in total. The number of carbonyl (C=O) groups excluding carboxylic acids is 1. The van der Waals surface area contributed by atoms with Crippen molar-refractivity contribution in [2.45, 2.75) is 31.2 Å². The van der Waals surface area contributed by atoms with E-state index in [0.717, 1.165) is 29.1 Å². The normalized spacial score (nSPS) is 16.5. The summed E-state index contributed by atoms with van der Waals surface area (Å²) in [5.74, 6) is 1.73. The van der Waals surface area contributed by atoms with Gasteiger partial charge >= 0.3 is 0 Å². The van der Waals surface area contributed by atoms with Gasteiger partial charge < -0.3 is 10.1 Å². The van der Waals surface area contributed by atoms with E-state index in [2.05, 4.69) is 17.4 Å². The highest BCUT2D eigenvalue weighted by atomic mass is 32.2. The van der Waals surface area contributed by atoms with Gasteiger partial charge in [-0.15, -0.1) is 11.8 Å². The first-order valence-corrected chi connectivity index (χ1v) is 8.83. The van der Waals surface area contributed by atoms with Crippen molar-refractivity contribution < 1.29 is 9.53 Å². The van der Waals surface area contributed by atoms with Crippen molar-refractivity contribution in [3.8, 4) is 5.75 Å². The van der Waals surface area contributed by atoms with Gasteiger partial charge in [0, 0.05) is 10.6 Å². The Balaban J connectivity index is 1.61. The molecule has 4 heteroatoms. The van der Waals surface area contributed by atoms with Crippen LogP contribution in [0.2, 0.25) is 0 Å². The van der Waals surface area contributed by atoms with E-state index in [1.54, 1.807) is 0 Å². The number of carbonyl (C=O) groups is 1. The standard InChI is InChI=1S/C19H21NO2S/c1-13-7-8-14(2)17(11-13)22-12-19(21)20-16-9-10-23-18-6-4-3-5-15(16)18/h3-8,11,16H,9-10,12H2,1-2H3,(H,20,21). The van der Waals surface area contributed by atoms with Crippen LogP contribution < -0.4 is 10.1 Å². The number of nitrogens with one attached hydrogen (secondary N) is 1. The fourth-order valence-electron chi connectivity index (χ4n) is 2.73. The summed E-state index contributed by atoms with van der Waals surface area (Å²) in [5, 5.41) is 3.10. The molecule has 0 bridgehead atoms. The number of ether oxygens (including phenoxy) is 1. The van der Waals surface area contributed by atoms with Gasteiger partial charge in [0.05, 0.1) is 6.04 Å². The van der Waals surface area contributed by atoms with Gasteiger partial charge in [0.2, 0.25) is 0 Å². The molecule has 0 fully saturated rings. The lowest BCUT2D eigenvalue weighted by atomic mass is 10.0. The van der Waals surface area contributed by atoms with Gasteiger partial charge in [-0.1, -0.05) is 30.3 Å². The van der Waals surface area contributed by atoms with E-state index in [-0.39, 0.29) is 18.6 Å². The molecule has 1 atom stereocenters. The van der Waals surface area contributed by atoms with Crippen LogP contribution in [0.4, 0.5) is 0 Å². The van der Waals surface area contributed by atoms with E-state index in [9.17, 15) is 4.79 Å². The SMILES string of the molecule is Cc1ccc(C)c(OCC(=O)NC2CCSc3ccccc32)c1. The van der Waals surface area contributed by atoms with Crippen molar-refractivity contribution in [3.63, 3.8) is 0 Å². The predicted octanol–water partition coefficient (Wildman–Crippen LogP) is 4.04. The molecule has 2 aromatic rings. The third-order valence-corrected chi connectivity index (χ3v) is 5.12. The lowest BCUT2D eigenvalue weighted by Crippen LogP contribution is -2.34. The van der Waals surface area contributed by atoms with Gasteiger partial charge in [-0.05, 0) is 49.1 Å². The van der Waals surface area contributed by atoms with Crippen molar-refractivity contribution in [2.24, 2.45) is 0 Å². The van der Waals surface area contributed by atoms with E-state index < -0.39 is 0 Å². The van der Waals surface area contributed by atoms with Crippen LogP contribution >= 0.6 is 11.8 Å². The molecule has 3 nitrogen and oxygen atoms in total. The van der Waals surface area contributed by atoms with Gasteiger partial charge in [0.15, 0.2) is 6.61 Å². The van der Waals surface area contributed by atoms with Crippen LogP contribution in [0.15, 0.2) is 47.4 Å². The summed E-state index contributed by atoms with van der Waals surface area (Å²) in [6.45, 7) is 4.06. The Hall–Kier alpha value is -1.94. The zero-order valence-corrected chi connectivity index (χ0v) is 14.3. The topological polar surface area (TPSA) is 38.3 Å². The summed E-state index contributed by atoms with van der Waals surface area (Å²) in [6, 6.07) is 14.4. The summed E-state index contributed by atoms with van der Waals surface area (Å²) < 4.78 is 5.69. The molecule has 1 heterocycles. The summed E-state index contributed by atoms with van der Waals surface area (Å²) >= 11 is 1.85. The van der Waals surface area contributed by atoms with Crippen molar-refractivity contribution in [2.75, 3.05) is 12.4 Å². The minimum absolute atomic E-state index is 0.0517. The molecule has 23 heavy (non-hydrogen) atoms. The molecule has 1 unspecified atom stereocenters. The van der Waals surface area contributed by atoms with Crippen molar-refractivity contribution in [1.82, 2.24) is 5.32 Å². The highest BCUT2D eigenvalue weighted by Gasteiger charge is 2.22. The lowest BCUT2D eigenvalue weighted by molar-refractivity contribution is -0.123. The molecule has 0 spiro atoms. The van der Waals surface area contributed by atoms with Crippen LogP contribution in [-0.4, -0.2) is 18.3 Å². The fourth-order valence-corrected chi connectivity index (χ4v) is 3.86. The van der Waals surface area contributed by atoms with E-state index >= 15 is 0 Å². The second-order valence-corrected chi connectivity index (χ2v) is 6.99. The Morgan fingerprint density at radius 3 is 2.96 bits per heavy atom. The zero-order valence-electron chi connectivity index (χ0n) is 13.5. The molecule has 120 valence electrons. The smallest absolute Gasteiger partial charge is 0.258 e. The van der Waals surface area contributed by atoms with Gasteiger partial charge in [-0.25, -0.2) is 0 Å². The second-order valence-electron chi connectivity index (χ2n) is 5.85. The molecule has 0 saturated heterocycles. The lowest BCUT2D eigenvalue weighted by Gasteiger charge is -2.25. The maximum Gasteiger partial charge on any atom is 0.258 e. The van der Waals surface area contributed by atoms with Gasteiger partial charge in [-0.3, -0.25) is 4.79 Å². The Labute approximate surface area is 141 Å². The van der Waals surface area contributed by atoms with Crippen LogP contribution in [0.25, 0.3) is 0 Å². The van der Waals surface area contributed by atoms with Gasteiger partial charge in [-0.2, -0.15) is 0 Å². The molecule has 1 amide bonds. The molecule has 1 aliphatic rings.